The molecule has 0 rings (SSSR count). The van der Waals surface area contributed by atoms with Gasteiger partial charge in [0.15, 0.2) is 5.60 Å². The molecule has 1 unspecified atom stereocenters. The minimum Gasteiger partial charge on any atom is -0.425 e. The number of hydrogen-bond donors (Lipinski definition) is 0. The molecule has 0 fully saturated rings. The predicted octanol–water partition coefficient (Wildman–Crippen LogP) is 2.99. The number of hydrogen-bond acceptors (Lipinski definition) is 3. The van der Waals surface area contributed by atoms with Crippen molar-refractivity contribution in [1.29, 1.82) is 0 Å². The smallest absolute Gasteiger partial charge is 0.343 e. The van der Waals surface area contributed by atoms with Crippen LogP contribution in [0.2, 0.25) is 0 Å². The molecule has 0 radical (unpaired) electrons. The first kappa shape index (κ1) is 14.6. The molecule has 0 amide bonds. The number of esters is 1. The molecule has 0 aromatic carbocycles. The van der Waals surface area contributed by atoms with Gasteiger partial charge in [0.1, 0.15) is 5.76 Å². The number of methoxy groups -OCH3 is 1. The van der Waals surface area contributed by atoms with Crippen molar-refractivity contribution in [3.05, 3.63) is 36.6 Å². The minimum absolute atomic E-state index is 0.390. The summed E-state index contributed by atoms with van der Waals surface area (Å²) >= 11 is 0. The number of carbonyl (C=O) groups excluding carboxylic acids is 1. The van der Waals surface area contributed by atoms with E-state index < -0.39 is 5.60 Å². The first-order valence-electron chi connectivity index (χ1n) is 5.27. The van der Waals surface area contributed by atoms with E-state index in [2.05, 4.69) is 6.58 Å². The Kier molecular flexibility index (Phi) is 6.42. The molecule has 0 aromatic rings. The quantitative estimate of drug-likeness (QED) is 0.395. The van der Waals surface area contributed by atoms with Gasteiger partial charge in [0.25, 0.3) is 0 Å². The van der Waals surface area contributed by atoms with Crippen LogP contribution in [0.15, 0.2) is 36.6 Å². The molecule has 90 valence electrons. The van der Waals surface area contributed by atoms with Crippen molar-refractivity contribution in [1.82, 2.24) is 0 Å². The summed E-state index contributed by atoms with van der Waals surface area (Å²) in [7, 11) is 1.50. The zero-order valence-electron chi connectivity index (χ0n) is 10.4. The van der Waals surface area contributed by atoms with Crippen molar-refractivity contribution in [2.24, 2.45) is 0 Å². The number of rotatable bonds is 6. The second-order valence-electron chi connectivity index (χ2n) is 3.46. The van der Waals surface area contributed by atoms with E-state index in [1.807, 2.05) is 6.92 Å². The minimum atomic E-state index is -0.893. The van der Waals surface area contributed by atoms with Crippen molar-refractivity contribution >= 4 is 5.97 Å². The van der Waals surface area contributed by atoms with Crippen LogP contribution >= 0.6 is 0 Å². The topological polar surface area (TPSA) is 35.5 Å². The monoisotopic (exact) mass is 224 g/mol. The van der Waals surface area contributed by atoms with Crippen molar-refractivity contribution in [2.75, 3.05) is 7.11 Å². The van der Waals surface area contributed by atoms with Gasteiger partial charge in [-0.1, -0.05) is 25.7 Å². The Labute approximate surface area is 97.4 Å². The van der Waals surface area contributed by atoms with Gasteiger partial charge in [0.2, 0.25) is 0 Å². The Bertz CT molecular complexity index is 296. The molecule has 3 nitrogen and oxygen atoms in total. The maximum absolute atomic E-state index is 11.8. The van der Waals surface area contributed by atoms with Gasteiger partial charge in [0.05, 0.1) is 0 Å². The molecular formula is C13H20O3. The maximum Gasteiger partial charge on any atom is 0.343 e. The van der Waals surface area contributed by atoms with Crippen LogP contribution in [0.1, 0.15) is 27.2 Å². The molecule has 0 aliphatic heterocycles. The van der Waals surface area contributed by atoms with Crippen LogP contribution < -0.4 is 0 Å². The fourth-order valence-electron chi connectivity index (χ4n) is 0.939. The summed E-state index contributed by atoms with van der Waals surface area (Å²) in [6.07, 6.45) is 7.27. The van der Waals surface area contributed by atoms with Gasteiger partial charge in [-0.25, -0.2) is 4.79 Å². The molecular weight excluding hydrogens is 204 g/mol. The molecule has 0 bridgehead atoms. The molecule has 0 aliphatic rings. The van der Waals surface area contributed by atoms with Crippen molar-refractivity contribution in [3.63, 3.8) is 0 Å². The SMILES string of the molecule is C=C/C=C\C(=C/C)OC(=O)C(C)(CC)OC. The highest BCUT2D eigenvalue weighted by molar-refractivity contribution is 5.80. The first-order chi connectivity index (χ1) is 7.53. The van der Waals surface area contributed by atoms with Crippen molar-refractivity contribution in [2.45, 2.75) is 32.8 Å². The fraction of sp³-hybridized carbons (Fsp3) is 0.462. The molecule has 0 heterocycles. The van der Waals surface area contributed by atoms with Crippen LogP contribution in [0.5, 0.6) is 0 Å². The summed E-state index contributed by atoms with van der Waals surface area (Å²) in [6, 6.07) is 0. The van der Waals surface area contributed by atoms with Crippen LogP contribution in [0.3, 0.4) is 0 Å². The van der Waals surface area contributed by atoms with E-state index in [4.69, 9.17) is 9.47 Å². The normalized spacial score (nSPS) is 15.9. The van der Waals surface area contributed by atoms with Crippen LogP contribution in [-0.2, 0) is 14.3 Å². The summed E-state index contributed by atoms with van der Waals surface area (Å²) in [5.41, 5.74) is -0.893. The predicted molar refractivity (Wildman–Crippen MR) is 64.9 cm³/mol. The van der Waals surface area contributed by atoms with Gasteiger partial charge in [-0.05, 0) is 32.4 Å². The molecule has 0 saturated carbocycles. The van der Waals surface area contributed by atoms with Gasteiger partial charge in [-0.3, -0.25) is 0 Å². The highest BCUT2D eigenvalue weighted by Gasteiger charge is 2.33. The Hall–Kier alpha value is -1.35. The molecule has 0 N–H and O–H groups in total. The van der Waals surface area contributed by atoms with Gasteiger partial charge in [-0.15, -0.1) is 0 Å². The Morgan fingerprint density at radius 3 is 2.50 bits per heavy atom. The molecule has 1 atom stereocenters. The third-order valence-corrected chi connectivity index (χ3v) is 2.45. The summed E-state index contributed by atoms with van der Waals surface area (Å²) in [5, 5.41) is 0. The van der Waals surface area contributed by atoms with E-state index in [9.17, 15) is 4.79 Å². The standard InChI is InChI=1S/C13H20O3/c1-6-9-10-11(7-2)16-12(14)13(4,8-3)15-5/h6-7,9-10H,1,8H2,2-5H3/b10-9-,11-7+. The second-order valence-corrected chi connectivity index (χ2v) is 3.46. The summed E-state index contributed by atoms with van der Waals surface area (Å²) in [6.45, 7) is 8.93. The Morgan fingerprint density at radius 2 is 2.12 bits per heavy atom. The average Bonchev–Trinajstić information content (AvgIpc) is 2.32. The van der Waals surface area contributed by atoms with E-state index in [1.54, 1.807) is 38.2 Å². The number of allylic oxidation sites excluding steroid dienone is 4. The largest absolute Gasteiger partial charge is 0.425 e. The highest BCUT2D eigenvalue weighted by Crippen LogP contribution is 2.18. The maximum atomic E-state index is 11.8. The van der Waals surface area contributed by atoms with E-state index in [0.717, 1.165) is 0 Å². The van der Waals surface area contributed by atoms with Gasteiger partial charge in [0, 0.05) is 7.11 Å². The fourth-order valence-corrected chi connectivity index (χ4v) is 0.939. The highest BCUT2D eigenvalue weighted by atomic mass is 16.6. The second kappa shape index (κ2) is 7.01. The lowest BCUT2D eigenvalue weighted by Crippen LogP contribution is -2.38. The first-order valence-corrected chi connectivity index (χ1v) is 5.27. The molecule has 0 aliphatic carbocycles. The third kappa shape index (κ3) is 4.03. The van der Waals surface area contributed by atoms with Gasteiger partial charge < -0.3 is 9.47 Å². The lowest BCUT2D eigenvalue weighted by atomic mass is 10.0. The van der Waals surface area contributed by atoms with Crippen LogP contribution in [0.4, 0.5) is 0 Å². The van der Waals surface area contributed by atoms with E-state index >= 15 is 0 Å². The Balaban J connectivity index is 4.65. The van der Waals surface area contributed by atoms with Crippen LogP contribution in [0, 0.1) is 0 Å². The van der Waals surface area contributed by atoms with Crippen molar-refractivity contribution < 1.29 is 14.3 Å². The van der Waals surface area contributed by atoms with Gasteiger partial charge >= 0.3 is 5.97 Å². The molecule has 16 heavy (non-hydrogen) atoms. The van der Waals surface area contributed by atoms with E-state index in [1.165, 1.54) is 7.11 Å². The summed E-state index contributed by atoms with van der Waals surface area (Å²) < 4.78 is 10.4. The lowest BCUT2D eigenvalue weighted by molar-refractivity contribution is -0.162. The molecule has 3 heteroatoms. The van der Waals surface area contributed by atoms with E-state index in [0.29, 0.717) is 12.2 Å². The number of carbonyl (C=O) groups is 1. The van der Waals surface area contributed by atoms with Crippen molar-refractivity contribution in [3.8, 4) is 0 Å². The lowest BCUT2D eigenvalue weighted by Gasteiger charge is -2.24. The Morgan fingerprint density at radius 1 is 1.50 bits per heavy atom. The molecule has 0 saturated heterocycles. The zero-order chi connectivity index (χ0) is 12.6. The summed E-state index contributed by atoms with van der Waals surface area (Å²) in [4.78, 5) is 11.8. The molecule has 0 aromatic heterocycles. The zero-order valence-corrected chi connectivity index (χ0v) is 10.4. The number of ether oxygens (including phenoxy) is 2. The van der Waals surface area contributed by atoms with Crippen LogP contribution in [-0.4, -0.2) is 18.7 Å². The van der Waals surface area contributed by atoms with E-state index in [-0.39, 0.29) is 5.97 Å². The average molecular weight is 224 g/mol. The third-order valence-electron chi connectivity index (χ3n) is 2.45. The van der Waals surface area contributed by atoms with Crippen LogP contribution in [0.25, 0.3) is 0 Å². The summed E-state index contributed by atoms with van der Waals surface area (Å²) in [5.74, 6) is 0.0981. The van der Waals surface area contributed by atoms with Gasteiger partial charge in [-0.2, -0.15) is 0 Å². The molecule has 0 spiro atoms.